The van der Waals surface area contributed by atoms with E-state index in [4.69, 9.17) is 4.74 Å². The second-order valence-electron chi connectivity index (χ2n) is 6.27. The summed E-state index contributed by atoms with van der Waals surface area (Å²) in [6.07, 6.45) is -0.967. The number of esters is 1. The van der Waals surface area contributed by atoms with E-state index >= 15 is 0 Å². The average Bonchev–Trinajstić information content (AvgIpc) is 2.60. The van der Waals surface area contributed by atoms with Gasteiger partial charge in [-0.3, -0.25) is 4.79 Å². The number of hydrogen-bond acceptors (Lipinski definition) is 3. The second-order valence-corrected chi connectivity index (χ2v) is 6.27. The first-order valence-electron chi connectivity index (χ1n) is 7.94. The van der Waals surface area contributed by atoms with Crippen molar-refractivity contribution in [2.24, 2.45) is 5.41 Å². The molecule has 3 nitrogen and oxygen atoms in total. The number of carbonyl (C=O) groups is 1. The Balaban J connectivity index is 2.38. The Morgan fingerprint density at radius 1 is 1.00 bits per heavy atom. The number of benzene rings is 2. The van der Waals surface area contributed by atoms with Gasteiger partial charge in [0.1, 0.15) is 6.10 Å². The van der Waals surface area contributed by atoms with Crippen molar-refractivity contribution in [1.82, 2.24) is 0 Å². The van der Waals surface area contributed by atoms with Crippen LogP contribution in [0.1, 0.15) is 50.5 Å². The zero-order valence-corrected chi connectivity index (χ0v) is 13.9. The molecule has 2 unspecified atom stereocenters. The quantitative estimate of drug-likeness (QED) is 0.802. The van der Waals surface area contributed by atoms with Gasteiger partial charge in [0, 0.05) is 11.8 Å². The first-order chi connectivity index (χ1) is 11.0. The third-order valence-corrected chi connectivity index (χ3v) is 4.14. The van der Waals surface area contributed by atoms with E-state index in [9.17, 15) is 9.90 Å². The molecule has 0 aliphatic heterocycles. The molecule has 0 spiro atoms. The molecule has 0 bridgehead atoms. The minimum Gasteiger partial charge on any atom is -0.457 e. The lowest BCUT2D eigenvalue weighted by molar-refractivity contribution is -0.161. The summed E-state index contributed by atoms with van der Waals surface area (Å²) in [5.74, 6) is -0.271. The molecule has 0 aromatic heterocycles. The Labute approximate surface area is 137 Å². The Bertz CT molecular complexity index is 620. The molecule has 0 amide bonds. The Hall–Kier alpha value is -2.13. The molecule has 1 N–H and O–H groups in total. The van der Waals surface area contributed by atoms with E-state index in [1.807, 2.05) is 74.5 Å². The smallest absolute Gasteiger partial charge is 0.306 e. The number of aliphatic hydroxyl groups is 1. The van der Waals surface area contributed by atoms with Crippen molar-refractivity contribution >= 4 is 5.97 Å². The maximum atomic E-state index is 11.9. The van der Waals surface area contributed by atoms with E-state index in [1.165, 1.54) is 0 Å². The molecule has 2 aromatic rings. The van der Waals surface area contributed by atoms with Gasteiger partial charge in [-0.1, -0.05) is 81.4 Å². The average molecular weight is 312 g/mol. The molecule has 2 atom stereocenters. The van der Waals surface area contributed by atoms with Crippen LogP contribution in [0.4, 0.5) is 0 Å². The van der Waals surface area contributed by atoms with Crippen molar-refractivity contribution in [3.63, 3.8) is 0 Å². The molecule has 2 rings (SSSR count). The molecule has 2 aromatic carbocycles. The maximum absolute atomic E-state index is 11.9. The van der Waals surface area contributed by atoms with E-state index in [-0.39, 0.29) is 5.97 Å². The van der Waals surface area contributed by atoms with Gasteiger partial charge in [0.25, 0.3) is 0 Å². The van der Waals surface area contributed by atoms with Gasteiger partial charge in [0.05, 0.1) is 6.10 Å². The lowest BCUT2D eigenvalue weighted by atomic mass is 9.75. The zero-order chi connectivity index (χ0) is 16.9. The lowest BCUT2D eigenvalue weighted by Gasteiger charge is -2.38. The molecule has 0 radical (unpaired) electrons. The summed E-state index contributed by atoms with van der Waals surface area (Å²) in [5, 5.41) is 10.9. The summed E-state index contributed by atoms with van der Waals surface area (Å²) in [5.41, 5.74) is 1.02. The number of carbonyl (C=O) groups excluding carboxylic acids is 1. The van der Waals surface area contributed by atoms with Crippen LogP contribution in [-0.4, -0.2) is 11.1 Å². The minimum atomic E-state index is -0.751. The fraction of sp³-hybridized carbons (Fsp3) is 0.350. The van der Waals surface area contributed by atoms with Crippen LogP contribution in [0.5, 0.6) is 0 Å². The van der Waals surface area contributed by atoms with Gasteiger partial charge >= 0.3 is 5.97 Å². The highest BCUT2D eigenvalue weighted by Crippen LogP contribution is 2.46. The molecular formula is C20H24O3. The number of ether oxygens (including phenoxy) is 1. The summed E-state index contributed by atoms with van der Waals surface area (Å²) in [6.45, 7) is 5.61. The van der Waals surface area contributed by atoms with Crippen LogP contribution in [0, 0.1) is 5.41 Å². The standard InChI is InChI=1S/C20H24O3/c1-4-17(21)23-19(16-13-9-6-10-14-16)20(2,3)18(22)15-11-7-5-8-12-15/h5-14,18-19,22H,4H2,1-3H3. The SMILES string of the molecule is CCC(=O)OC(c1ccccc1)C(C)(C)C(O)c1ccccc1. The molecule has 0 saturated carbocycles. The highest BCUT2D eigenvalue weighted by Gasteiger charge is 2.40. The van der Waals surface area contributed by atoms with Crippen molar-refractivity contribution in [2.75, 3.05) is 0 Å². The Morgan fingerprint density at radius 3 is 1.96 bits per heavy atom. The van der Waals surface area contributed by atoms with E-state index in [0.29, 0.717) is 6.42 Å². The molecule has 122 valence electrons. The summed E-state index contributed by atoms with van der Waals surface area (Å²) in [7, 11) is 0. The van der Waals surface area contributed by atoms with Gasteiger partial charge in [0.15, 0.2) is 0 Å². The Kier molecular flexibility index (Phi) is 5.56. The summed E-state index contributed by atoms with van der Waals surface area (Å²) >= 11 is 0. The lowest BCUT2D eigenvalue weighted by Crippen LogP contribution is -2.32. The van der Waals surface area contributed by atoms with Crippen molar-refractivity contribution in [3.8, 4) is 0 Å². The zero-order valence-electron chi connectivity index (χ0n) is 13.9. The van der Waals surface area contributed by atoms with E-state index in [0.717, 1.165) is 11.1 Å². The van der Waals surface area contributed by atoms with E-state index in [2.05, 4.69) is 0 Å². The fourth-order valence-electron chi connectivity index (χ4n) is 2.70. The van der Waals surface area contributed by atoms with Crippen LogP contribution in [0.15, 0.2) is 60.7 Å². The topological polar surface area (TPSA) is 46.5 Å². The summed E-state index contributed by atoms with van der Waals surface area (Å²) < 4.78 is 5.69. The van der Waals surface area contributed by atoms with Gasteiger partial charge in [-0.05, 0) is 11.1 Å². The predicted molar refractivity (Wildman–Crippen MR) is 90.7 cm³/mol. The maximum Gasteiger partial charge on any atom is 0.306 e. The third-order valence-electron chi connectivity index (χ3n) is 4.14. The van der Waals surface area contributed by atoms with Gasteiger partial charge in [0.2, 0.25) is 0 Å². The van der Waals surface area contributed by atoms with Crippen LogP contribution in [0.2, 0.25) is 0 Å². The fourth-order valence-corrected chi connectivity index (χ4v) is 2.70. The highest BCUT2D eigenvalue weighted by molar-refractivity contribution is 5.69. The van der Waals surface area contributed by atoms with Crippen LogP contribution >= 0.6 is 0 Å². The molecule has 0 aliphatic carbocycles. The molecular weight excluding hydrogens is 288 g/mol. The molecule has 0 fully saturated rings. The van der Waals surface area contributed by atoms with Gasteiger partial charge in [-0.25, -0.2) is 0 Å². The second kappa shape index (κ2) is 7.42. The Morgan fingerprint density at radius 2 is 1.48 bits per heavy atom. The number of hydrogen-bond donors (Lipinski definition) is 1. The third kappa shape index (κ3) is 3.99. The largest absolute Gasteiger partial charge is 0.457 e. The van der Waals surface area contributed by atoms with E-state index in [1.54, 1.807) is 6.92 Å². The van der Waals surface area contributed by atoms with Crippen molar-refractivity contribution < 1.29 is 14.6 Å². The van der Waals surface area contributed by atoms with Gasteiger partial charge in [-0.2, -0.15) is 0 Å². The van der Waals surface area contributed by atoms with Crippen LogP contribution in [0.3, 0.4) is 0 Å². The van der Waals surface area contributed by atoms with Crippen LogP contribution in [0.25, 0.3) is 0 Å². The van der Waals surface area contributed by atoms with E-state index < -0.39 is 17.6 Å². The normalized spacial score (nSPS) is 14.1. The molecule has 0 heterocycles. The van der Waals surface area contributed by atoms with Crippen molar-refractivity contribution in [1.29, 1.82) is 0 Å². The van der Waals surface area contributed by atoms with Crippen LogP contribution < -0.4 is 0 Å². The summed E-state index contributed by atoms with van der Waals surface area (Å²) in [4.78, 5) is 11.9. The molecule has 3 heteroatoms. The molecule has 0 aliphatic rings. The van der Waals surface area contributed by atoms with Gasteiger partial charge < -0.3 is 9.84 Å². The van der Waals surface area contributed by atoms with Crippen LogP contribution in [-0.2, 0) is 9.53 Å². The summed E-state index contributed by atoms with van der Waals surface area (Å²) in [6, 6.07) is 19.1. The molecule has 0 saturated heterocycles. The van der Waals surface area contributed by atoms with Gasteiger partial charge in [-0.15, -0.1) is 0 Å². The predicted octanol–water partition coefficient (Wildman–Crippen LogP) is 4.44. The molecule has 23 heavy (non-hydrogen) atoms. The number of aliphatic hydroxyl groups excluding tert-OH is 1. The first-order valence-corrected chi connectivity index (χ1v) is 7.94. The first kappa shape index (κ1) is 17.2. The monoisotopic (exact) mass is 312 g/mol. The minimum absolute atomic E-state index is 0.271. The number of rotatable bonds is 6. The van der Waals surface area contributed by atoms with Crippen molar-refractivity contribution in [2.45, 2.75) is 39.4 Å². The highest BCUT2D eigenvalue weighted by atomic mass is 16.5. The van der Waals surface area contributed by atoms with Crippen molar-refractivity contribution in [3.05, 3.63) is 71.8 Å².